The molecule has 0 spiro atoms. The molecule has 0 radical (unpaired) electrons. The third-order valence-corrected chi connectivity index (χ3v) is 2.72. The maximum atomic E-state index is 9.52. The Morgan fingerprint density at radius 3 is 2.92 bits per heavy atom. The van der Waals surface area contributed by atoms with E-state index in [9.17, 15) is 5.11 Å². The van der Waals surface area contributed by atoms with E-state index in [1.54, 1.807) is 0 Å². The number of H-pyrrole nitrogens is 1. The molecule has 72 valence electrons. The van der Waals surface area contributed by atoms with Gasteiger partial charge < -0.3 is 15.8 Å². The highest BCUT2D eigenvalue weighted by Crippen LogP contribution is 2.23. The first kappa shape index (κ1) is 8.78. The Morgan fingerprint density at radius 1 is 1.46 bits per heavy atom. The highest BCUT2D eigenvalue weighted by Gasteiger charge is 2.15. The van der Waals surface area contributed by atoms with Crippen molar-refractivity contribution in [1.29, 1.82) is 0 Å². The zero-order valence-electron chi connectivity index (χ0n) is 7.71. The minimum atomic E-state index is -0.523. The van der Waals surface area contributed by atoms with E-state index in [4.69, 9.17) is 5.73 Å². The fourth-order valence-corrected chi connectivity index (χ4v) is 1.94. The molecule has 0 unspecified atom stereocenters. The van der Waals surface area contributed by atoms with Crippen molar-refractivity contribution in [2.24, 2.45) is 5.73 Å². The lowest BCUT2D eigenvalue weighted by molar-refractivity contribution is 0.182. The highest BCUT2D eigenvalue weighted by atomic mass is 16.3. The van der Waals surface area contributed by atoms with Crippen LogP contribution in [0.15, 0.2) is 6.07 Å². The fourth-order valence-electron chi connectivity index (χ4n) is 1.94. The number of rotatable bonds is 2. The summed E-state index contributed by atoms with van der Waals surface area (Å²) < 4.78 is 0. The largest absolute Gasteiger partial charge is 0.386 e. The maximum Gasteiger partial charge on any atom is 0.106 e. The van der Waals surface area contributed by atoms with Crippen LogP contribution in [0, 0.1) is 0 Å². The second kappa shape index (κ2) is 3.52. The normalized spacial score (nSPS) is 18.3. The van der Waals surface area contributed by atoms with Crippen LogP contribution in [-0.4, -0.2) is 16.6 Å². The van der Waals surface area contributed by atoms with Crippen LogP contribution in [0.5, 0.6) is 0 Å². The van der Waals surface area contributed by atoms with Crippen molar-refractivity contribution in [1.82, 2.24) is 4.98 Å². The number of hydrogen-bond donors (Lipinski definition) is 3. The summed E-state index contributed by atoms with van der Waals surface area (Å²) in [5, 5.41) is 9.52. The van der Waals surface area contributed by atoms with Crippen molar-refractivity contribution in [2.45, 2.75) is 31.8 Å². The van der Waals surface area contributed by atoms with E-state index in [1.165, 1.54) is 24.1 Å². The predicted molar refractivity (Wildman–Crippen MR) is 51.4 cm³/mol. The zero-order valence-corrected chi connectivity index (χ0v) is 7.71. The first-order chi connectivity index (χ1) is 6.31. The van der Waals surface area contributed by atoms with E-state index in [1.807, 2.05) is 0 Å². The Bertz CT molecular complexity index is 270. The topological polar surface area (TPSA) is 62.0 Å². The van der Waals surface area contributed by atoms with Crippen molar-refractivity contribution in [3.63, 3.8) is 0 Å². The molecule has 3 nitrogen and oxygen atoms in total. The molecule has 3 heteroatoms. The molecule has 1 atom stereocenters. The predicted octanol–water partition coefficient (Wildman–Crippen LogP) is 0.886. The minimum Gasteiger partial charge on any atom is -0.386 e. The number of fused-ring (bicyclic) bond motifs is 1. The Balaban J connectivity index is 2.25. The Hall–Kier alpha value is -0.800. The summed E-state index contributed by atoms with van der Waals surface area (Å²) in [5.41, 5.74) is 8.94. The smallest absolute Gasteiger partial charge is 0.106 e. The lowest BCUT2D eigenvalue weighted by Crippen LogP contribution is -2.11. The van der Waals surface area contributed by atoms with Crippen LogP contribution in [0.2, 0.25) is 0 Å². The molecule has 1 aromatic rings. The molecule has 1 aromatic heterocycles. The van der Waals surface area contributed by atoms with Gasteiger partial charge in [-0.15, -0.1) is 0 Å². The molecule has 1 aliphatic carbocycles. The van der Waals surface area contributed by atoms with Gasteiger partial charge in [-0.3, -0.25) is 0 Å². The number of aliphatic hydroxyl groups excluding tert-OH is 1. The van der Waals surface area contributed by atoms with Crippen molar-refractivity contribution in [3.8, 4) is 0 Å². The van der Waals surface area contributed by atoms with Gasteiger partial charge in [-0.05, 0) is 37.3 Å². The molecule has 0 amide bonds. The third kappa shape index (κ3) is 1.62. The first-order valence-electron chi connectivity index (χ1n) is 4.90. The van der Waals surface area contributed by atoms with Gasteiger partial charge in [0, 0.05) is 17.9 Å². The van der Waals surface area contributed by atoms with Crippen LogP contribution in [0.3, 0.4) is 0 Å². The molecule has 0 saturated carbocycles. The maximum absolute atomic E-state index is 9.52. The van der Waals surface area contributed by atoms with Gasteiger partial charge in [0.15, 0.2) is 0 Å². The molecule has 4 N–H and O–H groups in total. The molecule has 1 aliphatic rings. The van der Waals surface area contributed by atoms with Gasteiger partial charge in [0.1, 0.15) is 6.10 Å². The van der Waals surface area contributed by atoms with E-state index < -0.39 is 6.10 Å². The summed E-state index contributed by atoms with van der Waals surface area (Å²) in [6.45, 7) is 0.291. The van der Waals surface area contributed by atoms with Crippen molar-refractivity contribution in [2.75, 3.05) is 6.54 Å². The quantitative estimate of drug-likeness (QED) is 0.633. The van der Waals surface area contributed by atoms with Gasteiger partial charge >= 0.3 is 0 Å². The second-order valence-electron chi connectivity index (χ2n) is 3.69. The Labute approximate surface area is 78.0 Å². The molecular formula is C10H16N2O. The zero-order chi connectivity index (χ0) is 9.26. The third-order valence-electron chi connectivity index (χ3n) is 2.72. The molecular weight excluding hydrogens is 164 g/mol. The summed E-state index contributed by atoms with van der Waals surface area (Å²) in [7, 11) is 0. The average molecular weight is 180 g/mol. The van der Waals surface area contributed by atoms with Crippen molar-refractivity contribution < 1.29 is 5.11 Å². The number of aromatic nitrogens is 1. The van der Waals surface area contributed by atoms with Crippen molar-refractivity contribution >= 4 is 0 Å². The van der Waals surface area contributed by atoms with E-state index in [2.05, 4.69) is 11.1 Å². The summed E-state index contributed by atoms with van der Waals surface area (Å²) in [4.78, 5) is 3.25. The summed E-state index contributed by atoms with van der Waals surface area (Å²) in [6, 6.07) is 2.06. The number of nitrogens with two attached hydrogens (primary N) is 1. The van der Waals surface area contributed by atoms with Gasteiger partial charge in [-0.2, -0.15) is 0 Å². The first-order valence-corrected chi connectivity index (χ1v) is 4.90. The van der Waals surface area contributed by atoms with Gasteiger partial charge in [-0.1, -0.05) is 0 Å². The molecule has 0 aromatic carbocycles. The lowest BCUT2D eigenvalue weighted by atomic mass is 9.98. The SMILES string of the molecule is NC[C@H](O)c1cc2c([nH]1)CCCC2. The molecule has 0 aliphatic heterocycles. The van der Waals surface area contributed by atoms with Crippen LogP contribution in [0.1, 0.15) is 35.9 Å². The Kier molecular flexibility index (Phi) is 2.38. The van der Waals surface area contributed by atoms with Crippen LogP contribution >= 0.6 is 0 Å². The number of hydrogen-bond acceptors (Lipinski definition) is 2. The summed E-state index contributed by atoms with van der Waals surface area (Å²) in [5.74, 6) is 0. The molecule has 1 heterocycles. The minimum absolute atomic E-state index is 0.291. The molecule has 13 heavy (non-hydrogen) atoms. The van der Waals surface area contributed by atoms with E-state index in [0.717, 1.165) is 18.5 Å². The van der Waals surface area contributed by atoms with Gasteiger partial charge in [-0.25, -0.2) is 0 Å². The van der Waals surface area contributed by atoms with Crippen molar-refractivity contribution in [3.05, 3.63) is 23.0 Å². The standard InChI is InChI=1S/C10H16N2O/c11-6-10(13)9-5-7-3-1-2-4-8(7)12-9/h5,10,12-13H,1-4,6,11H2/t10-/m0/s1. The van der Waals surface area contributed by atoms with Crippen LogP contribution in [-0.2, 0) is 12.8 Å². The molecule has 0 fully saturated rings. The van der Waals surface area contributed by atoms with E-state index >= 15 is 0 Å². The number of aryl methyl sites for hydroxylation is 2. The lowest BCUT2D eigenvalue weighted by Gasteiger charge is -2.09. The average Bonchev–Trinajstić information content (AvgIpc) is 2.59. The molecule has 2 rings (SSSR count). The second-order valence-corrected chi connectivity index (χ2v) is 3.69. The number of nitrogens with one attached hydrogen (secondary N) is 1. The van der Waals surface area contributed by atoms with E-state index in [-0.39, 0.29) is 0 Å². The molecule has 0 bridgehead atoms. The van der Waals surface area contributed by atoms with Gasteiger partial charge in [0.2, 0.25) is 0 Å². The van der Waals surface area contributed by atoms with E-state index in [0.29, 0.717) is 6.54 Å². The number of aliphatic hydroxyl groups is 1. The highest BCUT2D eigenvalue weighted by molar-refractivity contribution is 5.29. The van der Waals surface area contributed by atoms with Crippen LogP contribution in [0.25, 0.3) is 0 Å². The fraction of sp³-hybridized carbons (Fsp3) is 0.600. The van der Waals surface area contributed by atoms with Gasteiger partial charge in [0.25, 0.3) is 0 Å². The monoisotopic (exact) mass is 180 g/mol. The Morgan fingerprint density at radius 2 is 2.23 bits per heavy atom. The van der Waals surface area contributed by atoms with Crippen LogP contribution in [0.4, 0.5) is 0 Å². The summed E-state index contributed by atoms with van der Waals surface area (Å²) >= 11 is 0. The summed E-state index contributed by atoms with van der Waals surface area (Å²) in [6.07, 6.45) is 4.26. The molecule has 0 saturated heterocycles. The van der Waals surface area contributed by atoms with Gasteiger partial charge in [0.05, 0.1) is 0 Å². The number of aromatic amines is 1. The van der Waals surface area contributed by atoms with Crippen LogP contribution < -0.4 is 5.73 Å².